The largest absolute Gasteiger partial charge is 0.310 e. The summed E-state index contributed by atoms with van der Waals surface area (Å²) in [6, 6.07) is 5.16. The zero-order valence-corrected chi connectivity index (χ0v) is 9.42. The molecule has 1 N–H and O–H groups in total. The second-order valence-corrected chi connectivity index (χ2v) is 4.76. The third-order valence-corrected chi connectivity index (χ3v) is 3.13. The van der Waals surface area contributed by atoms with Gasteiger partial charge in [-0.2, -0.15) is 0 Å². The Bertz CT molecular complexity index is 601. The molecule has 16 heavy (non-hydrogen) atoms. The summed E-state index contributed by atoms with van der Waals surface area (Å²) < 4.78 is 0. The van der Waals surface area contributed by atoms with Crippen LogP contribution >= 0.6 is 11.6 Å². The summed E-state index contributed by atoms with van der Waals surface area (Å²) >= 11 is 5.89. The molecule has 2 aromatic rings. The lowest BCUT2D eigenvalue weighted by Crippen LogP contribution is -2.12. The SMILES string of the molecule is O=c1[nH]c(CC2CC2)nc2cc(Cl)ccc12. The summed E-state index contributed by atoms with van der Waals surface area (Å²) in [5, 5.41) is 1.21. The summed E-state index contributed by atoms with van der Waals surface area (Å²) in [7, 11) is 0. The standard InChI is InChI=1S/C12H11ClN2O/c13-8-3-4-9-10(6-8)14-11(15-12(9)16)5-7-1-2-7/h3-4,6-7H,1-2,5H2,(H,14,15,16). The fourth-order valence-electron chi connectivity index (χ4n) is 1.85. The Morgan fingerprint density at radius 2 is 2.25 bits per heavy atom. The predicted molar refractivity (Wildman–Crippen MR) is 63.8 cm³/mol. The molecule has 1 heterocycles. The molecule has 1 aliphatic rings. The van der Waals surface area contributed by atoms with E-state index in [1.54, 1.807) is 18.2 Å². The quantitative estimate of drug-likeness (QED) is 0.868. The van der Waals surface area contributed by atoms with Crippen molar-refractivity contribution in [3.63, 3.8) is 0 Å². The van der Waals surface area contributed by atoms with Crippen molar-refractivity contribution in [3.05, 3.63) is 39.4 Å². The van der Waals surface area contributed by atoms with E-state index in [0.717, 1.165) is 12.2 Å². The third-order valence-electron chi connectivity index (χ3n) is 2.90. The molecule has 0 aliphatic heterocycles. The molecule has 1 aromatic heterocycles. The van der Waals surface area contributed by atoms with Crippen molar-refractivity contribution in [1.29, 1.82) is 0 Å². The van der Waals surface area contributed by atoms with E-state index in [4.69, 9.17) is 11.6 Å². The van der Waals surface area contributed by atoms with Gasteiger partial charge in [0.1, 0.15) is 5.82 Å². The normalized spacial score (nSPS) is 15.6. The maximum Gasteiger partial charge on any atom is 0.258 e. The van der Waals surface area contributed by atoms with Gasteiger partial charge < -0.3 is 4.98 Å². The van der Waals surface area contributed by atoms with Gasteiger partial charge in [-0.05, 0) is 37.0 Å². The predicted octanol–water partition coefficient (Wildman–Crippen LogP) is 2.53. The van der Waals surface area contributed by atoms with Crippen molar-refractivity contribution < 1.29 is 0 Å². The maximum absolute atomic E-state index is 11.8. The van der Waals surface area contributed by atoms with Crippen LogP contribution in [-0.4, -0.2) is 9.97 Å². The Balaban J connectivity index is 2.14. The molecule has 1 aliphatic carbocycles. The number of halogens is 1. The first-order valence-electron chi connectivity index (χ1n) is 5.41. The zero-order chi connectivity index (χ0) is 11.1. The molecule has 4 heteroatoms. The highest BCUT2D eigenvalue weighted by atomic mass is 35.5. The molecule has 1 aromatic carbocycles. The number of nitrogens with one attached hydrogen (secondary N) is 1. The van der Waals surface area contributed by atoms with Crippen LogP contribution in [0.1, 0.15) is 18.7 Å². The van der Waals surface area contributed by atoms with Crippen molar-refractivity contribution >= 4 is 22.5 Å². The van der Waals surface area contributed by atoms with Gasteiger partial charge >= 0.3 is 0 Å². The number of H-pyrrole nitrogens is 1. The molecule has 3 rings (SSSR count). The average Bonchev–Trinajstić information content (AvgIpc) is 3.00. The van der Waals surface area contributed by atoms with Crippen LogP contribution in [0, 0.1) is 5.92 Å². The van der Waals surface area contributed by atoms with Crippen LogP contribution < -0.4 is 5.56 Å². The molecule has 3 nitrogen and oxygen atoms in total. The summed E-state index contributed by atoms with van der Waals surface area (Å²) in [5.74, 6) is 1.49. The van der Waals surface area contributed by atoms with Crippen molar-refractivity contribution in [2.75, 3.05) is 0 Å². The lowest BCUT2D eigenvalue weighted by molar-refractivity contribution is 0.771. The highest BCUT2D eigenvalue weighted by Crippen LogP contribution is 2.31. The van der Waals surface area contributed by atoms with Gasteiger partial charge in [-0.3, -0.25) is 4.79 Å². The summed E-state index contributed by atoms with van der Waals surface area (Å²) in [5.41, 5.74) is 0.615. The van der Waals surface area contributed by atoms with Crippen LogP contribution in [0.3, 0.4) is 0 Å². The Kier molecular flexibility index (Phi) is 2.21. The number of fused-ring (bicyclic) bond motifs is 1. The van der Waals surface area contributed by atoms with E-state index >= 15 is 0 Å². The molecule has 0 amide bonds. The smallest absolute Gasteiger partial charge is 0.258 e. The van der Waals surface area contributed by atoms with Gasteiger partial charge in [0.25, 0.3) is 5.56 Å². The van der Waals surface area contributed by atoms with Crippen LogP contribution in [0.2, 0.25) is 5.02 Å². The lowest BCUT2D eigenvalue weighted by atomic mass is 10.2. The van der Waals surface area contributed by atoms with Gasteiger partial charge in [0.2, 0.25) is 0 Å². The minimum atomic E-state index is -0.0719. The van der Waals surface area contributed by atoms with Gasteiger partial charge in [-0.15, -0.1) is 0 Å². The minimum absolute atomic E-state index is 0.0719. The number of aromatic amines is 1. The van der Waals surface area contributed by atoms with E-state index in [0.29, 0.717) is 21.8 Å². The topological polar surface area (TPSA) is 45.8 Å². The van der Waals surface area contributed by atoms with Crippen molar-refractivity contribution in [3.8, 4) is 0 Å². The second kappa shape index (κ2) is 3.59. The highest BCUT2D eigenvalue weighted by molar-refractivity contribution is 6.31. The van der Waals surface area contributed by atoms with Crippen molar-refractivity contribution in [1.82, 2.24) is 9.97 Å². The number of benzene rings is 1. The second-order valence-electron chi connectivity index (χ2n) is 4.32. The number of nitrogens with zero attached hydrogens (tertiary/aromatic N) is 1. The van der Waals surface area contributed by atoms with Crippen molar-refractivity contribution in [2.45, 2.75) is 19.3 Å². The Morgan fingerprint density at radius 1 is 1.44 bits per heavy atom. The molecule has 0 unspecified atom stereocenters. The maximum atomic E-state index is 11.8. The summed E-state index contributed by atoms with van der Waals surface area (Å²) in [6.45, 7) is 0. The van der Waals surface area contributed by atoms with Gasteiger partial charge in [0, 0.05) is 11.4 Å². The third kappa shape index (κ3) is 1.83. The van der Waals surface area contributed by atoms with Crippen LogP contribution in [-0.2, 0) is 6.42 Å². The summed E-state index contributed by atoms with van der Waals surface area (Å²) in [6.07, 6.45) is 3.37. The number of aromatic nitrogens is 2. The number of hydrogen-bond acceptors (Lipinski definition) is 2. The Hall–Kier alpha value is -1.35. The zero-order valence-electron chi connectivity index (χ0n) is 8.66. The van der Waals surface area contributed by atoms with Crippen LogP contribution in [0.15, 0.2) is 23.0 Å². The van der Waals surface area contributed by atoms with Gasteiger partial charge in [-0.1, -0.05) is 11.6 Å². The molecule has 1 saturated carbocycles. The molecule has 0 radical (unpaired) electrons. The van der Waals surface area contributed by atoms with E-state index < -0.39 is 0 Å². The monoisotopic (exact) mass is 234 g/mol. The van der Waals surface area contributed by atoms with Crippen molar-refractivity contribution in [2.24, 2.45) is 5.92 Å². The first-order chi connectivity index (χ1) is 7.72. The summed E-state index contributed by atoms with van der Waals surface area (Å²) in [4.78, 5) is 19.0. The molecular weight excluding hydrogens is 224 g/mol. The van der Waals surface area contributed by atoms with Gasteiger partial charge in [-0.25, -0.2) is 4.98 Å². The van der Waals surface area contributed by atoms with E-state index in [1.165, 1.54) is 12.8 Å². The van der Waals surface area contributed by atoms with Crippen LogP contribution in [0.5, 0.6) is 0 Å². The van der Waals surface area contributed by atoms with Crippen LogP contribution in [0.4, 0.5) is 0 Å². The van der Waals surface area contributed by atoms with E-state index in [-0.39, 0.29) is 5.56 Å². The first kappa shape index (κ1) is 9.85. The molecule has 82 valence electrons. The van der Waals surface area contributed by atoms with E-state index in [1.807, 2.05) is 0 Å². The van der Waals surface area contributed by atoms with E-state index in [2.05, 4.69) is 9.97 Å². The fraction of sp³-hybridized carbons (Fsp3) is 0.333. The molecule has 0 spiro atoms. The number of rotatable bonds is 2. The Morgan fingerprint density at radius 3 is 3.00 bits per heavy atom. The molecule has 0 saturated heterocycles. The fourth-order valence-corrected chi connectivity index (χ4v) is 2.02. The first-order valence-corrected chi connectivity index (χ1v) is 5.78. The highest BCUT2D eigenvalue weighted by Gasteiger charge is 2.22. The van der Waals surface area contributed by atoms with Gasteiger partial charge in [0.05, 0.1) is 10.9 Å². The number of hydrogen-bond donors (Lipinski definition) is 1. The minimum Gasteiger partial charge on any atom is -0.310 e. The van der Waals surface area contributed by atoms with E-state index in [9.17, 15) is 4.79 Å². The molecule has 0 atom stereocenters. The Labute approximate surface area is 97.5 Å². The van der Waals surface area contributed by atoms with Gasteiger partial charge in [0.15, 0.2) is 0 Å². The molecular formula is C12H11ClN2O. The average molecular weight is 235 g/mol. The molecule has 0 bridgehead atoms. The molecule has 1 fully saturated rings. The van der Waals surface area contributed by atoms with Crippen LogP contribution in [0.25, 0.3) is 10.9 Å². The lowest BCUT2D eigenvalue weighted by Gasteiger charge is -2.02.